The maximum Gasteiger partial charge on any atom is 0.534 e. The van der Waals surface area contributed by atoms with Crippen molar-refractivity contribution in [1.82, 2.24) is 0 Å². The Morgan fingerprint density at radius 1 is 1.00 bits per heavy atom. The highest BCUT2D eigenvalue weighted by atomic mass is 32.2. The van der Waals surface area contributed by atoms with Gasteiger partial charge in [0.2, 0.25) is 0 Å². The van der Waals surface area contributed by atoms with Gasteiger partial charge >= 0.3 is 15.6 Å². The minimum absolute atomic E-state index is 0.181. The Morgan fingerprint density at radius 3 is 2.23 bits per heavy atom. The normalized spacial score (nSPS) is 12.5. The van der Waals surface area contributed by atoms with Crippen LogP contribution in [0.1, 0.15) is 50.7 Å². The molecule has 2 aromatic carbocycles. The van der Waals surface area contributed by atoms with Crippen molar-refractivity contribution < 1.29 is 25.8 Å². The molecule has 0 bridgehead atoms. The van der Waals surface area contributed by atoms with E-state index in [1.165, 1.54) is 0 Å². The molecule has 0 unspecified atom stereocenters. The summed E-state index contributed by atoms with van der Waals surface area (Å²) in [5.41, 5.74) is -4.05. The molecule has 0 radical (unpaired) electrons. The molecule has 2 rings (SSSR count). The van der Waals surface area contributed by atoms with Crippen molar-refractivity contribution in [3.05, 3.63) is 41.5 Å². The van der Waals surface area contributed by atoms with Gasteiger partial charge < -0.3 is 4.18 Å². The van der Waals surface area contributed by atoms with Crippen LogP contribution in [0.15, 0.2) is 30.3 Å². The van der Waals surface area contributed by atoms with Crippen LogP contribution in [0.2, 0.25) is 0 Å². The van der Waals surface area contributed by atoms with Gasteiger partial charge in [0.15, 0.2) is 5.75 Å². The lowest BCUT2D eigenvalue weighted by Gasteiger charge is -2.19. The largest absolute Gasteiger partial charge is 0.534 e. The van der Waals surface area contributed by atoms with Crippen LogP contribution in [0.5, 0.6) is 5.75 Å². The molecule has 144 valence electrons. The Hall–Kier alpha value is -1.76. The van der Waals surface area contributed by atoms with E-state index in [4.69, 9.17) is 0 Å². The smallest absolute Gasteiger partial charge is 0.375 e. The summed E-state index contributed by atoms with van der Waals surface area (Å²) in [4.78, 5) is 0. The highest BCUT2D eigenvalue weighted by molar-refractivity contribution is 7.88. The minimum atomic E-state index is -5.73. The molecule has 0 aliphatic heterocycles. The van der Waals surface area contributed by atoms with Crippen LogP contribution in [0.4, 0.5) is 13.2 Å². The molecule has 0 spiro atoms. The van der Waals surface area contributed by atoms with Gasteiger partial charge in [0, 0.05) is 5.39 Å². The molecular formula is C19H23F3O3S. The Kier molecular flexibility index (Phi) is 6.55. The first kappa shape index (κ1) is 20.6. The number of fused-ring (bicyclic) bond motifs is 1. The number of benzene rings is 2. The SMILES string of the molecule is CCCCc1cc2ccccc2c(OS(=O)(=O)C(F)(F)F)c1CCCC. The molecule has 0 amide bonds. The van der Waals surface area contributed by atoms with Gasteiger partial charge in [-0.25, -0.2) is 0 Å². The highest BCUT2D eigenvalue weighted by Crippen LogP contribution is 2.38. The predicted octanol–water partition coefficient (Wildman–Crippen LogP) is 5.75. The third kappa shape index (κ3) is 4.50. The van der Waals surface area contributed by atoms with Crippen LogP contribution >= 0.6 is 0 Å². The fraction of sp³-hybridized carbons (Fsp3) is 0.474. The summed E-state index contributed by atoms with van der Waals surface area (Å²) < 4.78 is 66.7. The Balaban J connectivity index is 2.69. The minimum Gasteiger partial charge on any atom is -0.375 e. The van der Waals surface area contributed by atoms with Gasteiger partial charge in [-0.3, -0.25) is 0 Å². The summed E-state index contributed by atoms with van der Waals surface area (Å²) in [5.74, 6) is -0.181. The van der Waals surface area contributed by atoms with E-state index in [0.29, 0.717) is 29.2 Å². The molecular weight excluding hydrogens is 365 g/mol. The number of hydrogen-bond acceptors (Lipinski definition) is 3. The topological polar surface area (TPSA) is 43.4 Å². The summed E-state index contributed by atoms with van der Waals surface area (Å²) in [5, 5.41) is 1.05. The third-order valence-electron chi connectivity index (χ3n) is 4.25. The summed E-state index contributed by atoms with van der Waals surface area (Å²) in [6, 6.07) is 8.70. The lowest BCUT2D eigenvalue weighted by atomic mass is 9.93. The van der Waals surface area contributed by atoms with Gasteiger partial charge in [0.05, 0.1) is 0 Å². The summed E-state index contributed by atoms with van der Waals surface area (Å²) in [6.07, 6.45) is 4.51. The second-order valence-electron chi connectivity index (χ2n) is 6.25. The molecule has 0 heterocycles. The van der Waals surface area contributed by atoms with E-state index in [0.717, 1.165) is 31.2 Å². The van der Waals surface area contributed by atoms with Crippen LogP contribution < -0.4 is 4.18 Å². The number of hydrogen-bond donors (Lipinski definition) is 0. The molecule has 2 aromatic rings. The van der Waals surface area contributed by atoms with Gasteiger partial charge in [-0.05, 0) is 42.2 Å². The number of unbranched alkanes of at least 4 members (excludes halogenated alkanes) is 2. The summed E-state index contributed by atoms with van der Waals surface area (Å²) in [7, 11) is -5.73. The first-order valence-corrected chi connectivity index (χ1v) is 10.2. The average Bonchev–Trinajstić information content (AvgIpc) is 2.57. The zero-order valence-corrected chi connectivity index (χ0v) is 15.7. The number of aryl methyl sites for hydroxylation is 1. The van der Waals surface area contributed by atoms with Crippen molar-refractivity contribution in [3.63, 3.8) is 0 Å². The lowest BCUT2D eigenvalue weighted by molar-refractivity contribution is -0.0499. The van der Waals surface area contributed by atoms with Crippen LogP contribution in [0, 0.1) is 0 Å². The Labute approximate surface area is 152 Å². The molecule has 3 nitrogen and oxygen atoms in total. The van der Waals surface area contributed by atoms with E-state index >= 15 is 0 Å². The molecule has 0 saturated carbocycles. The summed E-state index contributed by atoms with van der Waals surface area (Å²) >= 11 is 0. The predicted molar refractivity (Wildman–Crippen MR) is 96.8 cm³/mol. The quantitative estimate of drug-likeness (QED) is 0.427. The summed E-state index contributed by atoms with van der Waals surface area (Å²) in [6.45, 7) is 4.00. The molecule has 0 aromatic heterocycles. The van der Waals surface area contributed by atoms with E-state index in [1.807, 2.05) is 19.9 Å². The molecule has 0 atom stereocenters. The van der Waals surface area contributed by atoms with Crippen LogP contribution in [0.3, 0.4) is 0 Å². The monoisotopic (exact) mass is 388 g/mol. The van der Waals surface area contributed by atoms with E-state index in [-0.39, 0.29) is 5.75 Å². The molecule has 0 saturated heterocycles. The Bertz CT molecular complexity index is 858. The Morgan fingerprint density at radius 2 is 1.62 bits per heavy atom. The van der Waals surface area contributed by atoms with Gasteiger partial charge in [-0.15, -0.1) is 0 Å². The number of alkyl halides is 3. The maximum atomic E-state index is 12.9. The van der Waals surface area contributed by atoms with Crippen LogP contribution in [-0.4, -0.2) is 13.9 Å². The first-order valence-electron chi connectivity index (χ1n) is 8.75. The standard InChI is InChI=1S/C19H23F3O3S/c1-3-5-9-14-13-15-10-7-8-12-17(15)18(16(14)11-6-4-2)25-26(23,24)19(20,21)22/h7-8,10,12-13H,3-6,9,11H2,1-2H3. The van der Waals surface area contributed by atoms with Crippen molar-refractivity contribution in [2.75, 3.05) is 0 Å². The van der Waals surface area contributed by atoms with E-state index in [9.17, 15) is 21.6 Å². The average molecular weight is 388 g/mol. The second-order valence-corrected chi connectivity index (χ2v) is 7.79. The van der Waals surface area contributed by atoms with Gasteiger partial charge in [0.25, 0.3) is 0 Å². The lowest BCUT2D eigenvalue weighted by Crippen LogP contribution is -2.28. The van der Waals surface area contributed by atoms with Crippen molar-refractivity contribution in [1.29, 1.82) is 0 Å². The fourth-order valence-electron chi connectivity index (χ4n) is 2.88. The van der Waals surface area contributed by atoms with Gasteiger partial charge in [-0.2, -0.15) is 21.6 Å². The number of rotatable bonds is 8. The molecule has 0 aliphatic carbocycles. The van der Waals surface area contributed by atoms with E-state index in [1.54, 1.807) is 24.3 Å². The van der Waals surface area contributed by atoms with Crippen molar-refractivity contribution in [3.8, 4) is 5.75 Å². The number of halogens is 3. The molecule has 0 N–H and O–H groups in total. The second kappa shape index (κ2) is 8.29. The molecule has 0 aliphatic rings. The van der Waals surface area contributed by atoms with Gasteiger partial charge in [-0.1, -0.05) is 57.0 Å². The zero-order chi connectivity index (χ0) is 19.4. The van der Waals surface area contributed by atoms with E-state index in [2.05, 4.69) is 4.18 Å². The highest BCUT2D eigenvalue weighted by Gasteiger charge is 2.49. The zero-order valence-electron chi connectivity index (χ0n) is 14.9. The van der Waals surface area contributed by atoms with E-state index < -0.39 is 15.6 Å². The van der Waals surface area contributed by atoms with Crippen molar-refractivity contribution >= 4 is 20.9 Å². The first-order chi connectivity index (χ1) is 12.2. The van der Waals surface area contributed by atoms with Crippen LogP contribution in [-0.2, 0) is 23.0 Å². The molecule has 26 heavy (non-hydrogen) atoms. The van der Waals surface area contributed by atoms with Gasteiger partial charge in [0.1, 0.15) is 0 Å². The third-order valence-corrected chi connectivity index (χ3v) is 5.21. The fourth-order valence-corrected chi connectivity index (χ4v) is 3.39. The van der Waals surface area contributed by atoms with Crippen molar-refractivity contribution in [2.24, 2.45) is 0 Å². The van der Waals surface area contributed by atoms with Crippen LogP contribution in [0.25, 0.3) is 10.8 Å². The maximum absolute atomic E-state index is 12.9. The van der Waals surface area contributed by atoms with Crippen molar-refractivity contribution in [2.45, 2.75) is 57.9 Å². The molecule has 0 fully saturated rings. The molecule has 7 heteroatoms.